The molecule has 1 saturated carbocycles. The van der Waals surface area contributed by atoms with Crippen molar-refractivity contribution in [2.45, 2.75) is 52.2 Å². The third-order valence-electron chi connectivity index (χ3n) is 2.80. The van der Waals surface area contributed by atoms with Crippen LogP contribution in [0.5, 0.6) is 0 Å². The van der Waals surface area contributed by atoms with Crippen LogP contribution in [-0.4, -0.2) is 19.3 Å². The van der Waals surface area contributed by atoms with Crippen LogP contribution in [0.1, 0.15) is 40.0 Å². The van der Waals surface area contributed by atoms with Crippen LogP contribution in [0.25, 0.3) is 0 Å². The molecule has 13 heavy (non-hydrogen) atoms. The maximum Gasteiger partial charge on any atom is 0.0770 e. The Kier molecular flexibility index (Phi) is 3.36. The minimum absolute atomic E-state index is 0.156. The number of nitrogens with two attached hydrogens (primary N) is 1. The minimum atomic E-state index is 0.156. The van der Waals surface area contributed by atoms with E-state index in [1.165, 1.54) is 12.8 Å². The summed E-state index contributed by atoms with van der Waals surface area (Å²) in [5.41, 5.74) is 6.29. The molecule has 0 aromatic rings. The van der Waals surface area contributed by atoms with Crippen LogP contribution < -0.4 is 5.73 Å². The maximum atomic E-state index is 6.13. The summed E-state index contributed by atoms with van der Waals surface area (Å²) in [6.45, 7) is 6.57. The van der Waals surface area contributed by atoms with Crippen molar-refractivity contribution in [1.29, 1.82) is 0 Å². The average molecular weight is 185 g/mol. The Morgan fingerprint density at radius 2 is 1.92 bits per heavy atom. The van der Waals surface area contributed by atoms with Gasteiger partial charge >= 0.3 is 0 Å². The second-order valence-corrected chi connectivity index (χ2v) is 5.37. The summed E-state index contributed by atoms with van der Waals surface area (Å²) in [5.74, 6) is 0.884. The second-order valence-electron chi connectivity index (χ2n) is 5.37. The number of methoxy groups -OCH3 is 1. The van der Waals surface area contributed by atoms with Gasteiger partial charge in [0.1, 0.15) is 0 Å². The van der Waals surface area contributed by atoms with Gasteiger partial charge in [0, 0.05) is 13.2 Å². The Balaban J connectivity index is 2.43. The highest BCUT2D eigenvalue weighted by Gasteiger charge is 2.34. The lowest BCUT2D eigenvalue weighted by atomic mass is 9.83. The third-order valence-corrected chi connectivity index (χ3v) is 2.80. The zero-order valence-electron chi connectivity index (χ0n) is 9.34. The third kappa shape index (κ3) is 3.28. The van der Waals surface area contributed by atoms with Gasteiger partial charge in [0.25, 0.3) is 0 Å². The summed E-state index contributed by atoms with van der Waals surface area (Å²) in [6, 6.07) is 0.206. The van der Waals surface area contributed by atoms with E-state index in [2.05, 4.69) is 20.8 Å². The number of ether oxygens (including phenoxy) is 1. The number of rotatable bonds is 4. The molecule has 1 aliphatic carbocycles. The van der Waals surface area contributed by atoms with Crippen molar-refractivity contribution in [3.05, 3.63) is 0 Å². The van der Waals surface area contributed by atoms with Crippen molar-refractivity contribution < 1.29 is 4.74 Å². The first kappa shape index (κ1) is 11.0. The van der Waals surface area contributed by atoms with Crippen LogP contribution in [-0.2, 0) is 4.74 Å². The summed E-state index contributed by atoms with van der Waals surface area (Å²) < 4.78 is 5.48. The predicted molar refractivity (Wildman–Crippen MR) is 55.6 cm³/mol. The molecule has 0 spiro atoms. The first-order valence-corrected chi connectivity index (χ1v) is 5.23. The molecule has 2 heteroatoms. The van der Waals surface area contributed by atoms with Crippen LogP contribution in [0.4, 0.5) is 0 Å². The summed E-state index contributed by atoms with van der Waals surface area (Å²) >= 11 is 0. The van der Waals surface area contributed by atoms with E-state index in [1.807, 2.05) is 0 Å². The van der Waals surface area contributed by atoms with Gasteiger partial charge in [-0.15, -0.1) is 0 Å². The smallest absolute Gasteiger partial charge is 0.0770 e. The molecular formula is C11H23NO. The molecule has 2 unspecified atom stereocenters. The fourth-order valence-electron chi connectivity index (χ4n) is 2.03. The molecule has 1 aliphatic rings. The summed E-state index contributed by atoms with van der Waals surface area (Å²) in [5, 5.41) is 0. The van der Waals surface area contributed by atoms with Crippen LogP contribution in [0.15, 0.2) is 0 Å². The van der Waals surface area contributed by atoms with E-state index >= 15 is 0 Å². The molecule has 0 aromatic heterocycles. The first-order chi connectivity index (χ1) is 5.95. The van der Waals surface area contributed by atoms with Crippen LogP contribution in [0.2, 0.25) is 0 Å². The lowest BCUT2D eigenvalue weighted by Gasteiger charge is -2.34. The van der Waals surface area contributed by atoms with Gasteiger partial charge in [0.2, 0.25) is 0 Å². The minimum Gasteiger partial charge on any atom is -0.379 e. The fourth-order valence-corrected chi connectivity index (χ4v) is 2.03. The Hall–Kier alpha value is -0.0800. The molecule has 0 bridgehead atoms. The second kappa shape index (κ2) is 3.97. The van der Waals surface area contributed by atoms with Crippen molar-refractivity contribution in [2.24, 2.45) is 17.1 Å². The van der Waals surface area contributed by atoms with E-state index in [4.69, 9.17) is 10.5 Å². The molecule has 2 nitrogen and oxygen atoms in total. The van der Waals surface area contributed by atoms with Gasteiger partial charge in [0.05, 0.1) is 6.10 Å². The van der Waals surface area contributed by atoms with Gasteiger partial charge in [-0.05, 0) is 17.8 Å². The van der Waals surface area contributed by atoms with Crippen molar-refractivity contribution >= 4 is 0 Å². The molecule has 0 heterocycles. The highest BCUT2D eigenvalue weighted by molar-refractivity contribution is 4.88. The topological polar surface area (TPSA) is 35.2 Å². The first-order valence-electron chi connectivity index (χ1n) is 5.23. The standard InChI is InChI=1S/C11H23NO/c1-11(2,3)10(13-4)9(12)7-8-5-6-8/h8-10H,5-7,12H2,1-4H3. The highest BCUT2D eigenvalue weighted by Crippen LogP contribution is 2.36. The molecular weight excluding hydrogens is 162 g/mol. The monoisotopic (exact) mass is 185 g/mol. The fraction of sp³-hybridized carbons (Fsp3) is 1.00. The zero-order valence-corrected chi connectivity index (χ0v) is 9.34. The molecule has 1 fully saturated rings. The van der Waals surface area contributed by atoms with Crippen LogP contribution in [0.3, 0.4) is 0 Å². The van der Waals surface area contributed by atoms with Gasteiger partial charge in [-0.25, -0.2) is 0 Å². The van der Waals surface area contributed by atoms with Gasteiger partial charge in [-0.3, -0.25) is 0 Å². The Morgan fingerprint density at radius 1 is 1.38 bits per heavy atom. The summed E-state index contributed by atoms with van der Waals surface area (Å²) in [6.07, 6.45) is 4.06. The normalized spacial score (nSPS) is 22.8. The average Bonchev–Trinajstić information content (AvgIpc) is 2.69. The van der Waals surface area contributed by atoms with Crippen molar-refractivity contribution in [2.75, 3.05) is 7.11 Å². The van der Waals surface area contributed by atoms with E-state index in [0.717, 1.165) is 12.3 Å². The van der Waals surface area contributed by atoms with E-state index in [1.54, 1.807) is 7.11 Å². The Morgan fingerprint density at radius 3 is 2.23 bits per heavy atom. The van der Waals surface area contributed by atoms with Crippen LogP contribution in [0, 0.1) is 11.3 Å². The SMILES string of the molecule is COC(C(N)CC1CC1)C(C)(C)C. The Labute approximate surface area is 81.8 Å². The quantitative estimate of drug-likeness (QED) is 0.728. The van der Waals surface area contributed by atoms with Crippen molar-refractivity contribution in [3.63, 3.8) is 0 Å². The van der Waals surface area contributed by atoms with Crippen molar-refractivity contribution in [3.8, 4) is 0 Å². The van der Waals surface area contributed by atoms with E-state index < -0.39 is 0 Å². The molecule has 0 radical (unpaired) electrons. The lowest BCUT2D eigenvalue weighted by molar-refractivity contribution is -0.00472. The van der Waals surface area contributed by atoms with Crippen LogP contribution >= 0.6 is 0 Å². The summed E-state index contributed by atoms with van der Waals surface area (Å²) in [7, 11) is 1.77. The van der Waals surface area contributed by atoms with E-state index in [0.29, 0.717) is 0 Å². The summed E-state index contributed by atoms with van der Waals surface area (Å²) in [4.78, 5) is 0. The van der Waals surface area contributed by atoms with E-state index in [-0.39, 0.29) is 17.6 Å². The highest BCUT2D eigenvalue weighted by atomic mass is 16.5. The predicted octanol–water partition coefficient (Wildman–Crippen LogP) is 2.17. The molecule has 2 atom stereocenters. The van der Waals surface area contributed by atoms with Gasteiger partial charge in [-0.2, -0.15) is 0 Å². The van der Waals surface area contributed by atoms with Gasteiger partial charge in [-0.1, -0.05) is 33.6 Å². The zero-order chi connectivity index (χ0) is 10.1. The van der Waals surface area contributed by atoms with Gasteiger partial charge < -0.3 is 10.5 Å². The largest absolute Gasteiger partial charge is 0.379 e. The maximum absolute atomic E-state index is 6.13. The molecule has 2 N–H and O–H groups in total. The number of hydrogen-bond acceptors (Lipinski definition) is 2. The van der Waals surface area contributed by atoms with Crippen molar-refractivity contribution in [1.82, 2.24) is 0 Å². The van der Waals surface area contributed by atoms with Gasteiger partial charge in [0.15, 0.2) is 0 Å². The lowest BCUT2D eigenvalue weighted by Crippen LogP contribution is -2.44. The molecule has 0 aliphatic heterocycles. The van der Waals surface area contributed by atoms with E-state index in [9.17, 15) is 0 Å². The molecule has 78 valence electrons. The Bertz CT molecular complexity index is 158. The number of hydrogen-bond donors (Lipinski definition) is 1. The molecule has 1 rings (SSSR count). The molecule has 0 saturated heterocycles. The molecule has 0 aromatic carbocycles. The molecule has 0 amide bonds.